The van der Waals surface area contributed by atoms with Crippen LogP contribution in [-0.2, 0) is 0 Å². The maximum Gasteiger partial charge on any atom is 0.256 e. The monoisotopic (exact) mass is 427 g/mol. The highest BCUT2D eigenvalue weighted by atomic mass is 32.1. The summed E-state index contributed by atoms with van der Waals surface area (Å²) in [6.45, 7) is 3.34. The van der Waals surface area contributed by atoms with Gasteiger partial charge in [0.15, 0.2) is 11.6 Å². The maximum absolute atomic E-state index is 13.5. The van der Waals surface area contributed by atoms with Crippen LogP contribution in [-0.4, -0.2) is 25.7 Å². The molecular formula is C20H15F2N5O2S. The zero-order valence-corrected chi connectivity index (χ0v) is 16.7. The van der Waals surface area contributed by atoms with E-state index in [4.69, 9.17) is 0 Å². The number of rotatable bonds is 4. The van der Waals surface area contributed by atoms with E-state index in [2.05, 4.69) is 20.4 Å². The number of benzene rings is 1. The quantitative estimate of drug-likeness (QED) is 0.518. The van der Waals surface area contributed by atoms with E-state index in [-0.39, 0.29) is 22.9 Å². The van der Waals surface area contributed by atoms with Gasteiger partial charge in [0, 0.05) is 22.9 Å². The fourth-order valence-electron chi connectivity index (χ4n) is 2.73. The Morgan fingerprint density at radius 2 is 1.97 bits per heavy atom. The standard InChI is InChI=1S/C20H15F2N5O2S/c1-10-11(2)23-20(25-18(10)28)27-17(9-15(26-27)16-4-3-7-30-16)24-19(29)12-5-6-13(21)14(22)8-12/h3-9H,1-2H3,(H,24,29)(H,23,25,28). The van der Waals surface area contributed by atoms with E-state index in [9.17, 15) is 18.4 Å². The van der Waals surface area contributed by atoms with Crippen molar-refractivity contribution in [3.05, 3.63) is 80.6 Å². The molecule has 152 valence electrons. The molecule has 1 amide bonds. The smallest absolute Gasteiger partial charge is 0.256 e. The lowest BCUT2D eigenvalue weighted by atomic mass is 10.2. The SMILES string of the molecule is Cc1nc(-n2nc(-c3cccs3)cc2NC(=O)c2ccc(F)c(F)c2)[nH]c(=O)c1C. The third-order valence-electron chi connectivity index (χ3n) is 4.49. The minimum absolute atomic E-state index is 0.0686. The Kier molecular flexibility index (Phi) is 5.00. The van der Waals surface area contributed by atoms with Crippen molar-refractivity contribution < 1.29 is 13.6 Å². The summed E-state index contributed by atoms with van der Waals surface area (Å²) in [5.74, 6) is -2.52. The molecule has 30 heavy (non-hydrogen) atoms. The summed E-state index contributed by atoms with van der Waals surface area (Å²) >= 11 is 1.45. The van der Waals surface area contributed by atoms with Gasteiger partial charge < -0.3 is 5.32 Å². The van der Waals surface area contributed by atoms with Crippen molar-refractivity contribution in [2.75, 3.05) is 5.32 Å². The van der Waals surface area contributed by atoms with Gasteiger partial charge in [-0.15, -0.1) is 11.3 Å². The lowest BCUT2D eigenvalue weighted by molar-refractivity contribution is 0.102. The molecule has 3 aromatic heterocycles. The van der Waals surface area contributed by atoms with E-state index >= 15 is 0 Å². The number of aryl methyl sites for hydroxylation is 1. The minimum atomic E-state index is -1.13. The molecule has 0 fully saturated rings. The number of H-pyrrole nitrogens is 1. The first-order valence-electron chi connectivity index (χ1n) is 8.81. The molecular weight excluding hydrogens is 412 g/mol. The zero-order chi connectivity index (χ0) is 21.4. The van der Waals surface area contributed by atoms with Crippen LogP contribution >= 0.6 is 11.3 Å². The number of nitrogens with one attached hydrogen (secondary N) is 2. The number of halogens is 2. The summed E-state index contributed by atoms with van der Waals surface area (Å²) in [6, 6.07) is 8.18. The first-order valence-corrected chi connectivity index (χ1v) is 9.69. The third-order valence-corrected chi connectivity index (χ3v) is 5.38. The van der Waals surface area contributed by atoms with Crippen LogP contribution in [0.5, 0.6) is 0 Å². The number of hydrogen-bond donors (Lipinski definition) is 2. The molecule has 1 aromatic carbocycles. The van der Waals surface area contributed by atoms with Crippen LogP contribution in [0.3, 0.4) is 0 Å². The van der Waals surface area contributed by atoms with E-state index < -0.39 is 17.5 Å². The molecule has 2 N–H and O–H groups in total. The van der Waals surface area contributed by atoms with E-state index in [1.165, 1.54) is 22.1 Å². The topological polar surface area (TPSA) is 92.7 Å². The van der Waals surface area contributed by atoms with Crippen LogP contribution in [0.4, 0.5) is 14.6 Å². The second-order valence-corrected chi connectivity index (χ2v) is 7.43. The molecule has 0 radical (unpaired) electrons. The van der Waals surface area contributed by atoms with Crippen molar-refractivity contribution in [2.24, 2.45) is 0 Å². The normalized spacial score (nSPS) is 10.9. The van der Waals surface area contributed by atoms with Gasteiger partial charge in [-0.05, 0) is 43.5 Å². The first kappa shape index (κ1) is 19.6. The Morgan fingerprint density at radius 3 is 2.63 bits per heavy atom. The molecule has 0 atom stereocenters. The van der Waals surface area contributed by atoms with Crippen LogP contribution in [0.25, 0.3) is 16.5 Å². The largest absolute Gasteiger partial charge is 0.306 e. The Hall–Kier alpha value is -3.66. The van der Waals surface area contributed by atoms with Gasteiger partial charge in [0.2, 0.25) is 5.95 Å². The number of aromatic nitrogens is 4. The van der Waals surface area contributed by atoms with Crippen LogP contribution in [0.1, 0.15) is 21.6 Å². The number of carbonyl (C=O) groups excluding carboxylic acids is 1. The van der Waals surface area contributed by atoms with Gasteiger partial charge in [0.05, 0.1) is 4.88 Å². The van der Waals surface area contributed by atoms with E-state index in [0.29, 0.717) is 17.0 Å². The van der Waals surface area contributed by atoms with Crippen molar-refractivity contribution in [3.63, 3.8) is 0 Å². The van der Waals surface area contributed by atoms with Gasteiger partial charge in [-0.3, -0.25) is 14.6 Å². The van der Waals surface area contributed by atoms with Gasteiger partial charge in [0.25, 0.3) is 11.5 Å². The average Bonchev–Trinajstić information content (AvgIpc) is 3.37. The maximum atomic E-state index is 13.5. The van der Waals surface area contributed by atoms with Crippen molar-refractivity contribution in [2.45, 2.75) is 13.8 Å². The molecule has 10 heteroatoms. The molecule has 7 nitrogen and oxygen atoms in total. The molecule has 0 saturated heterocycles. The van der Waals surface area contributed by atoms with Gasteiger partial charge in [-0.2, -0.15) is 9.78 Å². The average molecular weight is 427 g/mol. The van der Waals surface area contributed by atoms with Crippen molar-refractivity contribution in [3.8, 4) is 16.5 Å². The fraction of sp³-hybridized carbons (Fsp3) is 0.100. The van der Waals surface area contributed by atoms with E-state index in [1.54, 1.807) is 19.9 Å². The van der Waals surface area contributed by atoms with Crippen LogP contribution < -0.4 is 10.9 Å². The van der Waals surface area contributed by atoms with E-state index in [1.807, 2.05) is 17.5 Å². The summed E-state index contributed by atoms with van der Waals surface area (Å²) in [7, 11) is 0. The fourth-order valence-corrected chi connectivity index (χ4v) is 3.41. The summed E-state index contributed by atoms with van der Waals surface area (Å²) in [5, 5.41) is 8.96. The Labute approximate surface area is 173 Å². The van der Waals surface area contributed by atoms with Crippen LogP contribution in [0, 0.1) is 25.5 Å². The number of aromatic amines is 1. The lowest BCUT2D eigenvalue weighted by Crippen LogP contribution is -2.21. The Balaban J connectivity index is 1.79. The molecule has 0 spiro atoms. The molecule has 0 aliphatic carbocycles. The van der Waals surface area contributed by atoms with Gasteiger partial charge in [-0.25, -0.2) is 13.8 Å². The highest BCUT2D eigenvalue weighted by molar-refractivity contribution is 7.13. The molecule has 0 unspecified atom stereocenters. The van der Waals surface area contributed by atoms with Crippen molar-refractivity contribution >= 4 is 23.1 Å². The second kappa shape index (κ2) is 7.64. The van der Waals surface area contributed by atoms with Crippen molar-refractivity contribution in [1.82, 2.24) is 19.7 Å². The summed E-state index contributed by atoms with van der Waals surface area (Å²) in [6.07, 6.45) is 0. The molecule has 4 aromatic rings. The number of hydrogen-bond acceptors (Lipinski definition) is 5. The summed E-state index contributed by atoms with van der Waals surface area (Å²) in [4.78, 5) is 32.6. The number of nitrogens with zero attached hydrogens (tertiary/aromatic N) is 3. The Bertz CT molecular complexity index is 1310. The van der Waals surface area contributed by atoms with E-state index in [0.717, 1.165) is 17.0 Å². The third kappa shape index (κ3) is 3.64. The van der Waals surface area contributed by atoms with Gasteiger partial charge >= 0.3 is 0 Å². The summed E-state index contributed by atoms with van der Waals surface area (Å²) < 4.78 is 28.0. The molecule has 0 aliphatic heterocycles. The second-order valence-electron chi connectivity index (χ2n) is 6.49. The Morgan fingerprint density at radius 1 is 1.17 bits per heavy atom. The van der Waals surface area contributed by atoms with Crippen LogP contribution in [0.15, 0.2) is 46.6 Å². The molecule has 0 aliphatic rings. The highest BCUT2D eigenvalue weighted by Crippen LogP contribution is 2.27. The predicted molar refractivity (Wildman–Crippen MR) is 109 cm³/mol. The lowest BCUT2D eigenvalue weighted by Gasteiger charge is -2.09. The van der Waals surface area contributed by atoms with Gasteiger partial charge in [-0.1, -0.05) is 6.07 Å². The molecule has 3 heterocycles. The molecule has 0 saturated carbocycles. The first-order chi connectivity index (χ1) is 14.3. The summed E-state index contributed by atoms with van der Waals surface area (Å²) in [5.41, 5.74) is 1.13. The van der Waals surface area contributed by atoms with Crippen molar-refractivity contribution in [1.29, 1.82) is 0 Å². The minimum Gasteiger partial charge on any atom is -0.306 e. The number of amides is 1. The number of anilines is 1. The number of thiophene rings is 1. The molecule has 0 bridgehead atoms. The number of carbonyl (C=O) groups is 1. The zero-order valence-electron chi connectivity index (χ0n) is 15.9. The van der Waals surface area contributed by atoms with Crippen LogP contribution in [0.2, 0.25) is 0 Å². The van der Waals surface area contributed by atoms with Gasteiger partial charge in [0.1, 0.15) is 11.5 Å². The predicted octanol–water partition coefficient (Wildman–Crippen LogP) is 3.83. The molecule has 4 rings (SSSR count). The highest BCUT2D eigenvalue weighted by Gasteiger charge is 2.18.